The number of hydrogen-bond acceptors (Lipinski definition) is 6. The third-order valence-corrected chi connectivity index (χ3v) is 5.32. The number of rotatable bonds is 3. The van der Waals surface area contributed by atoms with Gasteiger partial charge in [-0.3, -0.25) is 0 Å². The highest BCUT2D eigenvalue weighted by Gasteiger charge is 2.23. The zero-order valence-corrected chi connectivity index (χ0v) is 14.3. The molecule has 0 radical (unpaired) electrons. The van der Waals surface area contributed by atoms with Gasteiger partial charge >= 0.3 is 5.97 Å². The molecule has 0 saturated carbocycles. The summed E-state index contributed by atoms with van der Waals surface area (Å²) in [6.07, 6.45) is 3.35. The number of esters is 1. The number of carbonyl (C=O) groups is 1. The molecular weight excluding hydrogens is 324 g/mol. The van der Waals surface area contributed by atoms with Crippen molar-refractivity contribution >= 4 is 27.5 Å². The number of aromatic nitrogens is 2. The monoisotopic (exact) mass is 340 g/mol. The number of ether oxygens (including phenoxy) is 2. The average Bonchev–Trinajstić information content (AvgIpc) is 3.15. The molecular formula is C18H16N2O3S. The molecule has 0 spiro atoms. The fourth-order valence-corrected chi connectivity index (χ4v) is 4.32. The van der Waals surface area contributed by atoms with E-state index < -0.39 is 0 Å². The summed E-state index contributed by atoms with van der Waals surface area (Å²) in [5.41, 5.74) is 1.82. The highest BCUT2D eigenvalue weighted by molar-refractivity contribution is 7.19. The number of fused-ring (bicyclic) bond motifs is 3. The maximum absolute atomic E-state index is 11.5. The predicted molar refractivity (Wildman–Crippen MR) is 92.0 cm³/mol. The lowest BCUT2D eigenvalue weighted by Crippen LogP contribution is -2.00. The number of aryl methyl sites for hydroxylation is 3. The Balaban J connectivity index is 1.73. The third kappa shape index (κ3) is 2.53. The SMILES string of the molecule is COC(=O)c1ccc(Oc2nc(C)nc3sc4c(c23)CCC4)cc1. The van der Waals surface area contributed by atoms with Crippen molar-refractivity contribution in [3.8, 4) is 11.6 Å². The lowest BCUT2D eigenvalue weighted by molar-refractivity contribution is 0.0600. The normalized spacial score (nSPS) is 13.1. The van der Waals surface area contributed by atoms with Crippen LogP contribution in [-0.2, 0) is 17.6 Å². The quantitative estimate of drug-likeness (QED) is 0.673. The van der Waals surface area contributed by atoms with Gasteiger partial charge in [-0.2, -0.15) is 4.98 Å². The molecule has 0 fully saturated rings. The molecule has 0 amide bonds. The molecule has 1 aromatic carbocycles. The summed E-state index contributed by atoms with van der Waals surface area (Å²) >= 11 is 1.74. The minimum atomic E-state index is -0.363. The summed E-state index contributed by atoms with van der Waals surface area (Å²) in [4.78, 5) is 23.0. The average molecular weight is 340 g/mol. The van der Waals surface area contributed by atoms with Crippen molar-refractivity contribution in [3.05, 3.63) is 46.1 Å². The van der Waals surface area contributed by atoms with Gasteiger partial charge in [-0.1, -0.05) is 0 Å². The summed E-state index contributed by atoms with van der Waals surface area (Å²) < 4.78 is 10.7. The van der Waals surface area contributed by atoms with Gasteiger partial charge in [0.25, 0.3) is 0 Å². The summed E-state index contributed by atoms with van der Waals surface area (Å²) in [5, 5.41) is 1.04. The molecule has 6 heteroatoms. The number of benzene rings is 1. The molecule has 2 heterocycles. The largest absolute Gasteiger partial charge is 0.465 e. The molecule has 2 aromatic heterocycles. The predicted octanol–water partition coefficient (Wildman–Crippen LogP) is 4.07. The van der Waals surface area contributed by atoms with Gasteiger partial charge in [0.2, 0.25) is 5.88 Å². The van der Waals surface area contributed by atoms with Gasteiger partial charge in [0, 0.05) is 4.88 Å². The van der Waals surface area contributed by atoms with Gasteiger partial charge in [-0.25, -0.2) is 9.78 Å². The van der Waals surface area contributed by atoms with E-state index in [1.807, 2.05) is 6.92 Å². The second-order valence-electron chi connectivity index (χ2n) is 5.73. The van der Waals surface area contributed by atoms with Crippen LogP contribution in [0.15, 0.2) is 24.3 Å². The van der Waals surface area contributed by atoms with E-state index in [0.29, 0.717) is 23.0 Å². The second-order valence-corrected chi connectivity index (χ2v) is 6.82. The van der Waals surface area contributed by atoms with Crippen molar-refractivity contribution in [2.45, 2.75) is 26.2 Å². The molecule has 0 aliphatic heterocycles. The van der Waals surface area contributed by atoms with Crippen LogP contribution in [0.2, 0.25) is 0 Å². The van der Waals surface area contributed by atoms with Crippen LogP contribution >= 0.6 is 11.3 Å². The van der Waals surface area contributed by atoms with Gasteiger partial charge in [0.1, 0.15) is 16.4 Å². The minimum Gasteiger partial charge on any atom is -0.465 e. The summed E-state index contributed by atoms with van der Waals surface area (Å²) in [6.45, 7) is 1.87. The number of hydrogen-bond donors (Lipinski definition) is 0. The lowest BCUT2D eigenvalue weighted by atomic mass is 10.2. The number of thiophene rings is 1. The van der Waals surface area contributed by atoms with E-state index in [1.54, 1.807) is 35.6 Å². The van der Waals surface area contributed by atoms with E-state index >= 15 is 0 Å². The van der Waals surface area contributed by atoms with Crippen molar-refractivity contribution < 1.29 is 14.3 Å². The molecule has 0 saturated heterocycles. The van der Waals surface area contributed by atoms with Crippen molar-refractivity contribution in [2.75, 3.05) is 7.11 Å². The first-order valence-corrected chi connectivity index (χ1v) is 8.62. The number of nitrogens with zero attached hydrogens (tertiary/aromatic N) is 2. The van der Waals surface area contributed by atoms with Crippen LogP contribution in [0.4, 0.5) is 0 Å². The van der Waals surface area contributed by atoms with Crippen molar-refractivity contribution in [1.29, 1.82) is 0 Å². The fourth-order valence-electron chi connectivity index (χ4n) is 3.03. The number of carbonyl (C=O) groups excluding carboxylic acids is 1. The Morgan fingerprint density at radius 1 is 1.17 bits per heavy atom. The first-order valence-electron chi connectivity index (χ1n) is 7.81. The van der Waals surface area contributed by atoms with Crippen molar-refractivity contribution in [2.24, 2.45) is 0 Å². The molecule has 0 atom stereocenters. The smallest absolute Gasteiger partial charge is 0.337 e. The maximum atomic E-state index is 11.5. The lowest BCUT2D eigenvalue weighted by Gasteiger charge is -2.08. The molecule has 4 rings (SSSR count). The van der Waals surface area contributed by atoms with Crippen LogP contribution in [0.3, 0.4) is 0 Å². The van der Waals surface area contributed by atoms with Crippen LogP contribution < -0.4 is 4.74 Å². The Morgan fingerprint density at radius 2 is 1.96 bits per heavy atom. The van der Waals surface area contributed by atoms with E-state index in [1.165, 1.54) is 24.0 Å². The maximum Gasteiger partial charge on any atom is 0.337 e. The van der Waals surface area contributed by atoms with Crippen LogP contribution in [0.25, 0.3) is 10.2 Å². The highest BCUT2D eigenvalue weighted by Crippen LogP contribution is 2.41. The number of methoxy groups -OCH3 is 1. The Labute approximate surface area is 143 Å². The third-order valence-electron chi connectivity index (χ3n) is 4.13. The molecule has 24 heavy (non-hydrogen) atoms. The summed E-state index contributed by atoms with van der Waals surface area (Å²) in [6, 6.07) is 6.87. The zero-order valence-electron chi connectivity index (χ0n) is 13.5. The van der Waals surface area contributed by atoms with Crippen LogP contribution in [-0.4, -0.2) is 23.0 Å². The van der Waals surface area contributed by atoms with E-state index in [4.69, 9.17) is 9.47 Å². The summed E-state index contributed by atoms with van der Waals surface area (Å²) in [5.74, 6) is 1.57. The van der Waals surface area contributed by atoms with E-state index in [2.05, 4.69) is 9.97 Å². The highest BCUT2D eigenvalue weighted by atomic mass is 32.1. The van der Waals surface area contributed by atoms with Crippen LogP contribution in [0, 0.1) is 6.92 Å². The van der Waals surface area contributed by atoms with Gasteiger partial charge in [0.05, 0.1) is 18.1 Å². The minimum absolute atomic E-state index is 0.363. The molecule has 122 valence electrons. The first-order chi connectivity index (χ1) is 11.7. The topological polar surface area (TPSA) is 61.3 Å². The molecule has 1 aliphatic carbocycles. The van der Waals surface area contributed by atoms with E-state index in [0.717, 1.165) is 23.1 Å². The standard InChI is InChI=1S/C18H16N2O3S/c1-10-19-16(15-13-4-3-5-14(13)24-17(15)20-10)23-12-8-6-11(7-9-12)18(21)22-2/h6-9H,3-5H2,1-2H3. The Hall–Kier alpha value is -2.47. The van der Waals surface area contributed by atoms with E-state index in [9.17, 15) is 4.79 Å². The fraction of sp³-hybridized carbons (Fsp3) is 0.278. The Morgan fingerprint density at radius 3 is 2.71 bits per heavy atom. The van der Waals surface area contributed by atoms with Gasteiger partial charge in [-0.15, -0.1) is 11.3 Å². The van der Waals surface area contributed by atoms with Crippen LogP contribution in [0.1, 0.15) is 33.0 Å². The Bertz CT molecular complexity index is 932. The molecule has 1 aliphatic rings. The molecule has 0 N–H and O–H groups in total. The molecule has 5 nitrogen and oxygen atoms in total. The Kier molecular flexibility index (Phi) is 3.69. The molecule has 0 unspecified atom stereocenters. The van der Waals surface area contributed by atoms with Gasteiger partial charge in [0.15, 0.2) is 0 Å². The second kappa shape index (κ2) is 5.87. The van der Waals surface area contributed by atoms with Gasteiger partial charge < -0.3 is 9.47 Å². The van der Waals surface area contributed by atoms with Crippen molar-refractivity contribution in [3.63, 3.8) is 0 Å². The van der Waals surface area contributed by atoms with Crippen molar-refractivity contribution in [1.82, 2.24) is 9.97 Å². The van der Waals surface area contributed by atoms with Gasteiger partial charge in [-0.05, 0) is 56.0 Å². The molecule has 3 aromatic rings. The first kappa shape index (κ1) is 15.1. The van der Waals surface area contributed by atoms with Crippen LogP contribution in [0.5, 0.6) is 11.6 Å². The molecule has 0 bridgehead atoms. The van der Waals surface area contributed by atoms with E-state index in [-0.39, 0.29) is 5.97 Å². The zero-order chi connectivity index (χ0) is 16.7. The summed E-state index contributed by atoms with van der Waals surface area (Å²) in [7, 11) is 1.37.